The van der Waals surface area contributed by atoms with E-state index in [0.717, 1.165) is 10.8 Å². The molecule has 2 amide bonds. The normalized spacial score (nSPS) is 12.2. The quantitative estimate of drug-likeness (QED) is 0.763. The smallest absolute Gasteiger partial charge is 0.242 e. The molecule has 0 bridgehead atoms. The molecule has 0 aliphatic rings. The van der Waals surface area contributed by atoms with Crippen LogP contribution in [0.5, 0.6) is 5.75 Å². The molecule has 0 saturated heterocycles. The topological polar surface area (TPSA) is 78.4 Å². The molecule has 0 saturated carbocycles. The maximum atomic E-state index is 12.4. The van der Waals surface area contributed by atoms with Crippen LogP contribution in [-0.2, 0) is 16.1 Å². The van der Waals surface area contributed by atoms with Gasteiger partial charge >= 0.3 is 0 Å². The van der Waals surface area contributed by atoms with Crippen molar-refractivity contribution >= 4 is 22.6 Å². The van der Waals surface area contributed by atoms with Crippen molar-refractivity contribution in [3.63, 3.8) is 0 Å². The fourth-order valence-corrected chi connectivity index (χ4v) is 2.76. The van der Waals surface area contributed by atoms with E-state index in [1.165, 1.54) is 6.92 Å². The van der Waals surface area contributed by atoms with E-state index in [1.54, 1.807) is 6.07 Å². The largest absolute Gasteiger partial charge is 0.508 e. The van der Waals surface area contributed by atoms with Crippen LogP contribution in [0.4, 0.5) is 0 Å². The van der Waals surface area contributed by atoms with E-state index in [-0.39, 0.29) is 30.0 Å². The molecule has 0 radical (unpaired) electrons. The van der Waals surface area contributed by atoms with Crippen molar-refractivity contribution in [1.82, 2.24) is 10.6 Å². The molecule has 5 nitrogen and oxygen atoms in total. The van der Waals surface area contributed by atoms with Gasteiger partial charge in [-0.25, -0.2) is 0 Å². The van der Waals surface area contributed by atoms with Gasteiger partial charge in [0.05, 0.1) is 0 Å². The van der Waals surface area contributed by atoms with Gasteiger partial charge in [0, 0.05) is 19.0 Å². The molecule has 0 spiro atoms. The van der Waals surface area contributed by atoms with Crippen LogP contribution in [0.1, 0.15) is 32.8 Å². The van der Waals surface area contributed by atoms with Crippen molar-refractivity contribution in [2.75, 3.05) is 0 Å². The number of phenols is 1. The number of amides is 2. The molecule has 24 heavy (non-hydrogen) atoms. The van der Waals surface area contributed by atoms with E-state index in [1.807, 2.05) is 44.2 Å². The first-order chi connectivity index (χ1) is 11.4. The van der Waals surface area contributed by atoms with Crippen molar-refractivity contribution in [3.05, 3.63) is 42.0 Å². The van der Waals surface area contributed by atoms with Crippen molar-refractivity contribution in [2.45, 2.75) is 39.8 Å². The molecule has 2 aromatic rings. The second kappa shape index (κ2) is 7.81. The summed E-state index contributed by atoms with van der Waals surface area (Å²) in [5.41, 5.74) is 0.674. The molecular formula is C19H24N2O3. The number of hydrogen-bond acceptors (Lipinski definition) is 3. The predicted octanol–water partition coefficient (Wildman–Crippen LogP) is 2.71. The van der Waals surface area contributed by atoms with E-state index in [4.69, 9.17) is 0 Å². The Morgan fingerprint density at radius 1 is 1.12 bits per heavy atom. The molecule has 128 valence electrons. The Labute approximate surface area is 142 Å². The number of phenolic OH excluding ortho intramolecular Hbond substituents is 1. The third-order valence-electron chi connectivity index (χ3n) is 3.86. The molecule has 0 heterocycles. The van der Waals surface area contributed by atoms with Gasteiger partial charge in [-0.1, -0.05) is 44.2 Å². The molecule has 0 unspecified atom stereocenters. The second-order valence-electron chi connectivity index (χ2n) is 6.38. The summed E-state index contributed by atoms with van der Waals surface area (Å²) in [6.07, 6.45) is 0.562. The summed E-state index contributed by atoms with van der Waals surface area (Å²) >= 11 is 0. The lowest BCUT2D eigenvalue weighted by Crippen LogP contribution is -2.46. The minimum atomic E-state index is -0.570. The highest BCUT2D eigenvalue weighted by atomic mass is 16.3. The number of hydrogen-bond donors (Lipinski definition) is 3. The summed E-state index contributed by atoms with van der Waals surface area (Å²) in [6.45, 7) is 5.61. The summed E-state index contributed by atoms with van der Waals surface area (Å²) in [5.74, 6) is -0.0532. The van der Waals surface area contributed by atoms with Crippen LogP contribution < -0.4 is 10.6 Å². The fraction of sp³-hybridized carbons (Fsp3) is 0.368. The van der Waals surface area contributed by atoms with E-state index >= 15 is 0 Å². The zero-order chi connectivity index (χ0) is 17.7. The molecule has 0 aliphatic carbocycles. The van der Waals surface area contributed by atoms with Crippen LogP contribution in [-0.4, -0.2) is 23.0 Å². The Hall–Kier alpha value is -2.56. The average molecular weight is 328 g/mol. The summed E-state index contributed by atoms with van der Waals surface area (Å²) in [5, 5.41) is 17.5. The number of fused-ring (bicyclic) bond motifs is 1. The number of carbonyl (C=O) groups is 2. The average Bonchev–Trinajstić information content (AvgIpc) is 2.52. The number of benzene rings is 2. The molecule has 1 atom stereocenters. The monoisotopic (exact) mass is 328 g/mol. The van der Waals surface area contributed by atoms with Crippen molar-refractivity contribution in [3.8, 4) is 5.75 Å². The summed E-state index contributed by atoms with van der Waals surface area (Å²) in [4.78, 5) is 23.7. The van der Waals surface area contributed by atoms with Crippen LogP contribution in [0.15, 0.2) is 36.4 Å². The molecule has 3 N–H and O–H groups in total. The van der Waals surface area contributed by atoms with Gasteiger partial charge in [-0.05, 0) is 29.2 Å². The van der Waals surface area contributed by atoms with Crippen LogP contribution in [0.25, 0.3) is 10.8 Å². The van der Waals surface area contributed by atoms with Crippen LogP contribution >= 0.6 is 0 Å². The van der Waals surface area contributed by atoms with E-state index in [0.29, 0.717) is 12.0 Å². The minimum absolute atomic E-state index is 0.147. The van der Waals surface area contributed by atoms with Gasteiger partial charge in [-0.15, -0.1) is 0 Å². The van der Waals surface area contributed by atoms with E-state index in [9.17, 15) is 14.7 Å². The Kier molecular flexibility index (Phi) is 5.79. The van der Waals surface area contributed by atoms with E-state index < -0.39 is 6.04 Å². The second-order valence-corrected chi connectivity index (χ2v) is 6.38. The Morgan fingerprint density at radius 3 is 2.50 bits per heavy atom. The van der Waals surface area contributed by atoms with Gasteiger partial charge < -0.3 is 15.7 Å². The first-order valence-electron chi connectivity index (χ1n) is 8.13. The zero-order valence-electron chi connectivity index (χ0n) is 14.3. The fourth-order valence-electron chi connectivity index (χ4n) is 2.76. The number of aromatic hydroxyl groups is 1. The highest BCUT2D eigenvalue weighted by molar-refractivity contribution is 5.89. The maximum absolute atomic E-state index is 12.4. The minimum Gasteiger partial charge on any atom is -0.508 e. The van der Waals surface area contributed by atoms with Gasteiger partial charge in [0.15, 0.2) is 0 Å². The Morgan fingerprint density at radius 2 is 1.83 bits per heavy atom. The lowest BCUT2D eigenvalue weighted by atomic mass is 10.0. The van der Waals surface area contributed by atoms with Gasteiger partial charge in [0.2, 0.25) is 11.8 Å². The molecule has 2 rings (SSSR count). The highest BCUT2D eigenvalue weighted by Gasteiger charge is 2.21. The molecule has 0 fully saturated rings. The zero-order valence-corrected chi connectivity index (χ0v) is 14.3. The third-order valence-corrected chi connectivity index (χ3v) is 3.86. The van der Waals surface area contributed by atoms with Crippen LogP contribution in [0.2, 0.25) is 0 Å². The molecular weight excluding hydrogens is 304 g/mol. The van der Waals surface area contributed by atoms with Crippen molar-refractivity contribution < 1.29 is 14.7 Å². The van der Waals surface area contributed by atoms with E-state index in [2.05, 4.69) is 10.6 Å². The molecule has 2 aromatic carbocycles. The van der Waals surface area contributed by atoms with Gasteiger partial charge in [-0.2, -0.15) is 0 Å². The van der Waals surface area contributed by atoms with Gasteiger partial charge in [0.25, 0.3) is 0 Å². The molecule has 5 heteroatoms. The van der Waals surface area contributed by atoms with Crippen molar-refractivity contribution in [1.29, 1.82) is 0 Å². The molecule has 0 aromatic heterocycles. The number of nitrogens with one attached hydrogen (secondary N) is 2. The number of carbonyl (C=O) groups excluding carboxylic acids is 2. The predicted molar refractivity (Wildman–Crippen MR) is 94.5 cm³/mol. The standard InChI is InChI=1S/C19H24N2O3/c1-12(2)10-17(21-13(3)22)19(24)20-11-16-15-7-5-4-6-14(15)8-9-18(16)23/h4-9,12,17,23H,10-11H2,1-3H3,(H,20,24)(H,21,22)/t17-/m0/s1. The van der Waals surface area contributed by atoms with Crippen molar-refractivity contribution in [2.24, 2.45) is 5.92 Å². The third kappa shape index (κ3) is 4.47. The number of rotatable bonds is 6. The van der Waals surface area contributed by atoms with Crippen LogP contribution in [0.3, 0.4) is 0 Å². The first-order valence-corrected chi connectivity index (χ1v) is 8.13. The Bertz CT molecular complexity index is 740. The SMILES string of the molecule is CC(=O)N[C@@H](CC(C)C)C(=O)NCc1c(O)ccc2ccccc12. The van der Waals surface area contributed by atoms with Gasteiger partial charge in [-0.3, -0.25) is 9.59 Å². The Balaban J connectivity index is 2.15. The lowest BCUT2D eigenvalue weighted by molar-refractivity contribution is -0.128. The summed E-state index contributed by atoms with van der Waals surface area (Å²) < 4.78 is 0. The highest BCUT2D eigenvalue weighted by Crippen LogP contribution is 2.26. The first kappa shape index (κ1) is 17.8. The summed E-state index contributed by atoms with van der Waals surface area (Å²) in [6, 6.07) is 10.6. The molecule has 0 aliphatic heterocycles. The van der Waals surface area contributed by atoms with Gasteiger partial charge in [0.1, 0.15) is 11.8 Å². The lowest BCUT2D eigenvalue weighted by Gasteiger charge is -2.20. The van der Waals surface area contributed by atoms with Crippen LogP contribution in [0, 0.1) is 5.92 Å². The summed E-state index contributed by atoms with van der Waals surface area (Å²) in [7, 11) is 0. The maximum Gasteiger partial charge on any atom is 0.242 e.